The molecule has 1 aliphatic carbocycles. The first-order chi connectivity index (χ1) is 23.4. The van der Waals surface area contributed by atoms with Crippen molar-refractivity contribution in [1.82, 2.24) is 29.9 Å². The average Bonchev–Trinajstić information content (AvgIpc) is 3.40. The summed E-state index contributed by atoms with van der Waals surface area (Å²) in [6, 6.07) is 6.09. The Kier molecular flexibility index (Phi) is 8.80. The zero-order chi connectivity index (χ0) is 36.6. The lowest BCUT2D eigenvalue weighted by Crippen LogP contribution is -2.76. The number of pyridine rings is 1. The minimum Gasteiger partial charge on any atom is -0.465 e. The first kappa shape index (κ1) is 35.7. The van der Waals surface area contributed by atoms with Crippen molar-refractivity contribution in [2.45, 2.75) is 67.3 Å². The number of rotatable bonds is 7. The highest BCUT2D eigenvalue weighted by atomic mass is 79.9. The van der Waals surface area contributed by atoms with Gasteiger partial charge in [-0.25, -0.2) is 17.6 Å². The van der Waals surface area contributed by atoms with Gasteiger partial charge in [-0.05, 0) is 64.4 Å². The third-order valence-corrected chi connectivity index (χ3v) is 13.0. The highest BCUT2D eigenvalue weighted by molar-refractivity contribution is 9.10. The summed E-state index contributed by atoms with van der Waals surface area (Å²) in [5.74, 6) is -3.55. The number of carboxylic acid groups (broad SMARTS) is 1. The molecule has 4 atom stereocenters. The second kappa shape index (κ2) is 12.3. The van der Waals surface area contributed by atoms with E-state index in [-0.39, 0.29) is 27.4 Å². The Hall–Kier alpha value is -4.07. The number of aryl methyl sites for hydroxylation is 1. The number of hydrogen-bond acceptors (Lipinski definition) is 8. The Labute approximate surface area is 301 Å². The Morgan fingerprint density at radius 1 is 1.16 bits per heavy atom. The Balaban J connectivity index is 1.45. The third kappa shape index (κ3) is 5.82. The molecule has 1 saturated carbocycles. The van der Waals surface area contributed by atoms with Crippen LogP contribution in [0.4, 0.5) is 9.18 Å². The maximum Gasteiger partial charge on any atom is 0.408 e. The van der Waals surface area contributed by atoms with Crippen LogP contribution in [0.2, 0.25) is 5.02 Å². The van der Waals surface area contributed by atoms with Gasteiger partial charge >= 0.3 is 6.09 Å². The predicted octanol–water partition coefficient (Wildman–Crippen LogP) is 4.50. The smallest absolute Gasteiger partial charge is 0.408 e. The quantitative estimate of drug-likeness (QED) is 0.349. The summed E-state index contributed by atoms with van der Waals surface area (Å²) in [5, 5.41) is 25.4. The van der Waals surface area contributed by atoms with Gasteiger partial charge in [0, 0.05) is 48.5 Å². The zero-order valence-corrected chi connectivity index (χ0v) is 30.7. The van der Waals surface area contributed by atoms with Crippen molar-refractivity contribution in [1.29, 1.82) is 5.26 Å². The summed E-state index contributed by atoms with van der Waals surface area (Å²) in [6.45, 7) is 4.64. The van der Waals surface area contributed by atoms with E-state index in [1.54, 1.807) is 51.0 Å². The van der Waals surface area contributed by atoms with Crippen LogP contribution in [-0.4, -0.2) is 85.9 Å². The number of sulfone groups is 1. The summed E-state index contributed by atoms with van der Waals surface area (Å²) < 4.78 is 46.3. The first-order valence-electron chi connectivity index (χ1n) is 15.7. The molecule has 3 amide bonds. The number of aromatic nitrogens is 3. The maximum atomic E-state index is 15.9. The van der Waals surface area contributed by atoms with Crippen molar-refractivity contribution in [3.8, 4) is 17.2 Å². The van der Waals surface area contributed by atoms with Gasteiger partial charge in [0.05, 0.1) is 27.4 Å². The minimum atomic E-state index is -4.33. The summed E-state index contributed by atoms with van der Waals surface area (Å²) in [6.07, 6.45) is 3.41. The van der Waals surface area contributed by atoms with Crippen molar-refractivity contribution in [2.24, 2.45) is 18.4 Å². The minimum absolute atomic E-state index is 0.0833. The number of amides is 3. The van der Waals surface area contributed by atoms with Crippen LogP contribution < -0.4 is 5.32 Å². The van der Waals surface area contributed by atoms with E-state index in [9.17, 15) is 28.4 Å². The number of halogens is 3. The van der Waals surface area contributed by atoms with Gasteiger partial charge < -0.3 is 15.3 Å². The summed E-state index contributed by atoms with van der Waals surface area (Å²) >= 11 is 9.73. The molecule has 6 rings (SSSR count). The molecule has 264 valence electrons. The highest BCUT2D eigenvalue weighted by Gasteiger charge is 2.69. The summed E-state index contributed by atoms with van der Waals surface area (Å²) in [4.78, 5) is 47.6. The number of hydrogen-bond donors (Lipinski definition) is 2. The van der Waals surface area contributed by atoms with Crippen LogP contribution in [0.3, 0.4) is 0 Å². The van der Waals surface area contributed by atoms with Crippen molar-refractivity contribution in [3.63, 3.8) is 0 Å². The lowest BCUT2D eigenvalue weighted by molar-refractivity contribution is -0.176. The van der Waals surface area contributed by atoms with Crippen molar-refractivity contribution < 1.29 is 32.3 Å². The number of nitrogens with one attached hydrogen (secondary N) is 1. The molecule has 50 heavy (non-hydrogen) atoms. The van der Waals surface area contributed by atoms with Crippen molar-refractivity contribution in [3.05, 3.63) is 63.9 Å². The Morgan fingerprint density at radius 3 is 2.40 bits per heavy atom. The maximum absolute atomic E-state index is 15.9. The molecular weight excluding hydrogens is 757 g/mol. The van der Waals surface area contributed by atoms with E-state index in [1.165, 1.54) is 18.3 Å². The number of likely N-dealkylation sites (tertiary alicyclic amines) is 2. The predicted molar refractivity (Wildman–Crippen MR) is 182 cm³/mol. The van der Waals surface area contributed by atoms with Crippen LogP contribution in [0.5, 0.6) is 0 Å². The van der Waals surface area contributed by atoms with E-state index in [4.69, 9.17) is 11.6 Å². The fraction of sp³-hybridized carbons (Fsp3) is 0.455. The largest absolute Gasteiger partial charge is 0.465 e. The molecule has 0 radical (unpaired) electrons. The van der Waals surface area contributed by atoms with Crippen LogP contribution in [0.15, 0.2) is 52.2 Å². The van der Waals surface area contributed by atoms with Crippen LogP contribution in [0.25, 0.3) is 11.1 Å². The van der Waals surface area contributed by atoms with Gasteiger partial charge in [0.1, 0.15) is 23.1 Å². The molecule has 3 fully saturated rings. The molecule has 4 heterocycles. The van der Waals surface area contributed by atoms with Crippen molar-refractivity contribution >= 4 is 55.3 Å². The fourth-order valence-corrected chi connectivity index (χ4v) is 9.65. The Morgan fingerprint density at radius 2 is 1.86 bits per heavy atom. The molecule has 3 aliphatic rings. The standard InChI is InChI=1S/C33H34BrClFN7O6S/c1-31(2,3)26-16-43(30(46)47)33(26,27-23(36)10-20(34)13-38-27)29(45)42-15-21(11-24(42)28(44)40-32(17-37)7-8-32)50(48,49)25-6-5-18(9-22(25)35)19-12-39-41(4)14-19/h5-6,9-10,12-14,21,24,26H,7-8,11,15-16H2,1-4H3,(H,40,44)(H,46,47)/t21-,24+,26?,33?/m1/s1. The molecule has 0 bridgehead atoms. The average molecular weight is 791 g/mol. The van der Waals surface area contributed by atoms with E-state index in [0.29, 0.717) is 24.0 Å². The number of benzene rings is 1. The first-order valence-corrected chi connectivity index (χ1v) is 18.5. The molecule has 2 unspecified atom stereocenters. The van der Waals surface area contributed by atoms with Crippen LogP contribution in [0, 0.1) is 28.5 Å². The highest BCUT2D eigenvalue weighted by Crippen LogP contribution is 2.55. The van der Waals surface area contributed by atoms with E-state index in [2.05, 4.69) is 37.4 Å². The van der Waals surface area contributed by atoms with Gasteiger partial charge in [-0.1, -0.05) is 38.4 Å². The molecule has 17 heteroatoms. The van der Waals surface area contributed by atoms with E-state index in [1.807, 2.05) is 0 Å². The monoisotopic (exact) mass is 789 g/mol. The third-order valence-electron chi connectivity index (χ3n) is 9.93. The van der Waals surface area contributed by atoms with Gasteiger partial charge in [0.2, 0.25) is 5.91 Å². The molecule has 2 aromatic heterocycles. The second-order valence-corrected chi connectivity index (χ2v) is 17.7. The van der Waals surface area contributed by atoms with Gasteiger partial charge in [-0.3, -0.25) is 24.2 Å². The second-order valence-electron chi connectivity index (χ2n) is 14.2. The lowest BCUT2D eigenvalue weighted by atomic mass is 9.59. The molecule has 13 nitrogen and oxygen atoms in total. The zero-order valence-electron chi connectivity index (χ0n) is 27.5. The number of nitriles is 1. The fourth-order valence-electron chi connectivity index (χ4n) is 7.10. The molecule has 3 aromatic rings. The number of carbonyl (C=O) groups excluding carboxylic acids is 2. The molecular formula is C33H34BrClFN7O6S. The molecule has 2 N–H and O–H groups in total. The normalized spacial score (nSPS) is 24.3. The van der Waals surface area contributed by atoms with Crippen LogP contribution in [-0.2, 0) is 32.0 Å². The number of carbonyl (C=O) groups is 3. The Bertz CT molecular complexity index is 2080. The van der Waals surface area contributed by atoms with Crippen molar-refractivity contribution in [2.75, 3.05) is 13.1 Å². The number of nitrogens with zero attached hydrogens (tertiary/aromatic N) is 6. The topological polar surface area (TPSA) is 179 Å². The molecule has 2 saturated heterocycles. The van der Waals surface area contributed by atoms with E-state index < -0.39 is 79.5 Å². The van der Waals surface area contributed by atoms with Crippen LogP contribution in [0.1, 0.15) is 45.7 Å². The van der Waals surface area contributed by atoms with E-state index in [0.717, 1.165) is 15.9 Å². The van der Waals surface area contributed by atoms with Crippen LogP contribution >= 0.6 is 27.5 Å². The van der Waals surface area contributed by atoms with Gasteiger partial charge in [0.15, 0.2) is 15.4 Å². The lowest BCUT2D eigenvalue weighted by Gasteiger charge is -2.60. The molecule has 1 aromatic carbocycles. The molecule has 0 spiro atoms. The summed E-state index contributed by atoms with van der Waals surface area (Å²) in [7, 11) is -2.60. The van der Waals surface area contributed by atoms with Gasteiger partial charge in [-0.2, -0.15) is 10.4 Å². The molecule has 2 aliphatic heterocycles. The SMILES string of the molecule is Cn1cc(-c2ccc(S(=O)(=O)[C@@H]3C[C@@H](C(=O)NC4(C#N)CC4)N(C(=O)C4(c5ncc(Br)cc5F)C(C(C)(C)C)CN4C(=O)O)C3)c(Cl)c2)cn1. The van der Waals surface area contributed by atoms with Gasteiger partial charge in [-0.15, -0.1) is 0 Å². The summed E-state index contributed by atoms with van der Waals surface area (Å²) in [5.41, 5.74) is -3.34. The van der Waals surface area contributed by atoms with Gasteiger partial charge in [0.25, 0.3) is 5.91 Å². The van der Waals surface area contributed by atoms with E-state index >= 15 is 9.18 Å².